The van der Waals surface area contributed by atoms with Crippen molar-refractivity contribution in [2.24, 2.45) is 5.92 Å². The van der Waals surface area contributed by atoms with E-state index in [-0.39, 0.29) is 17.7 Å². The van der Waals surface area contributed by atoms with Gasteiger partial charge in [-0.25, -0.2) is 13.1 Å². The monoisotopic (exact) mass is 349 g/mol. The summed E-state index contributed by atoms with van der Waals surface area (Å²) in [6, 6.07) is 12.1. The van der Waals surface area contributed by atoms with Crippen molar-refractivity contribution in [1.29, 1.82) is 0 Å². The molecule has 0 amide bonds. The summed E-state index contributed by atoms with van der Waals surface area (Å²) < 4.78 is 32.0. The lowest BCUT2D eigenvalue weighted by atomic mass is 9.85. The lowest BCUT2D eigenvalue weighted by Gasteiger charge is -2.39. The molecule has 0 spiro atoms. The Balaban J connectivity index is 1.68. The van der Waals surface area contributed by atoms with Gasteiger partial charge in [0.05, 0.1) is 5.69 Å². The Bertz CT molecular complexity index is 732. The van der Waals surface area contributed by atoms with Crippen LogP contribution >= 0.6 is 0 Å². The molecule has 0 saturated carbocycles. The zero-order chi connectivity index (χ0) is 17.0. The van der Waals surface area contributed by atoms with E-state index >= 15 is 0 Å². The number of nitrogens with zero attached hydrogens (tertiary/aromatic N) is 2. The number of nitrogens with one attached hydrogen (secondary N) is 1. The van der Waals surface area contributed by atoms with E-state index in [2.05, 4.69) is 34.0 Å². The van der Waals surface area contributed by atoms with Crippen LogP contribution in [0.5, 0.6) is 0 Å². The molecule has 1 fully saturated rings. The van der Waals surface area contributed by atoms with Gasteiger partial charge in [0.2, 0.25) is 10.0 Å². The van der Waals surface area contributed by atoms with E-state index in [0.29, 0.717) is 12.2 Å². The third-order valence-corrected chi connectivity index (χ3v) is 5.83. The minimum Gasteiger partial charge on any atom is -0.364 e. The maximum atomic E-state index is 12.3. The Labute approximate surface area is 142 Å². The number of likely N-dealkylation sites (tertiary alicyclic amines) is 1. The van der Waals surface area contributed by atoms with Gasteiger partial charge in [-0.3, -0.25) is 4.90 Å². The molecule has 0 radical (unpaired) electrons. The number of aromatic nitrogens is 1. The Morgan fingerprint density at radius 3 is 2.79 bits per heavy atom. The molecule has 1 saturated heterocycles. The maximum Gasteiger partial charge on any atom is 0.217 e. The third kappa shape index (κ3) is 4.23. The van der Waals surface area contributed by atoms with Crippen LogP contribution in [0.25, 0.3) is 0 Å². The highest BCUT2D eigenvalue weighted by molar-refractivity contribution is 7.88. The van der Waals surface area contributed by atoms with Crippen LogP contribution in [0.1, 0.15) is 30.1 Å². The largest absolute Gasteiger partial charge is 0.364 e. The molecule has 2 heterocycles. The molecule has 0 bridgehead atoms. The summed E-state index contributed by atoms with van der Waals surface area (Å²) in [7, 11) is -1.31. The van der Waals surface area contributed by atoms with Crippen molar-refractivity contribution in [3.63, 3.8) is 0 Å². The summed E-state index contributed by atoms with van der Waals surface area (Å²) in [5.41, 5.74) is 1.66. The van der Waals surface area contributed by atoms with Gasteiger partial charge in [-0.15, -0.1) is 0 Å². The van der Waals surface area contributed by atoms with Gasteiger partial charge in [0.25, 0.3) is 0 Å². The highest BCUT2D eigenvalue weighted by Crippen LogP contribution is 2.34. The van der Waals surface area contributed by atoms with Gasteiger partial charge in [0.15, 0.2) is 0 Å². The van der Waals surface area contributed by atoms with E-state index in [1.54, 1.807) is 6.07 Å². The smallest absolute Gasteiger partial charge is 0.217 e. The fourth-order valence-electron chi connectivity index (χ4n) is 3.44. The SMILES string of the molecule is CN1CCC[C@@H](CNS(=O)(=O)Cc2ccon2)[C@H]1c1ccccc1. The van der Waals surface area contributed by atoms with E-state index in [1.165, 1.54) is 11.8 Å². The average molecular weight is 349 g/mol. The van der Waals surface area contributed by atoms with E-state index in [9.17, 15) is 8.42 Å². The molecule has 130 valence electrons. The highest BCUT2D eigenvalue weighted by atomic mass is 32.2. The van der Waals surface area contributed by atoms with Crippen LogP contribution in [0.4, 0.5) is 0 Å². The number of piperidine rings is 1. The Morgan fingerprint density at radius 1 is 1.29 bits per heavy atom. The highest BCUT2D eigenvalue weighted by Gasteiger charge is 2.31. The van der Waals surface area contributed by atoms with Crippen molar-refractivity contribution in [3.8, 4) is 0 Å². The first-order chi connectivity index (χ1) is 11.6. The van der Waals surface area contributed by atoms with Crippen LogP contribution in [0.15, 0.2) is 47.2 Å². The lowest BCUT2D eigenvalue weighted by Crippen LogP contribution is -2.42. The molecule has 7 heteroatoms. The van der Waals surface area contributed by atoms with Crippen LogP contribution in [-0.2, 0) is 15.8 Å². The number of hydrogen-bond donors (Lipinski definition) is 1. The van der Waals surface area contributed by atoms with Gasteiger partial charge in [-0.05, 0) is 37.9 Å². The van der Waals surface area contributed by atoms with Crippen molar-refractivity contribution >= 4 is 10.0 Å². The molecule has 1 aromatic heterocycles. The summed E-state index contributed by atoms with van der Waals surface area (Å²) in [5.74, 6) is 0.0976. The first-order valence-electron chi connectivity index (χ1n) is 8.17. The fraction of sp³-hybridized carbons (Fsp3) is 0.471. The second kappa shape index (κ2) is 7.46. The molecule has 3 rings (SSSR count). The number of sulfonamides is 1. The van der Waals surface area contributed by atoms with Crippen molar-refractivity contribution in [1.82, 2.24) is 14.8 Å². The minimum atomic E-state index is -3.42. The van der Waals surface area contributed by atoms with Gasteiger partial charge in [-0.1, -0.05) is 35.5 Å². The summed E-state index contributed by atoms with van der Waals surface area (Å²) in [6.07, 6.45) is 3.47. The molecule has 0 unspecified atom stereocenters. The van der Waals surface area contributed by atoms with Gasteiger partial charge < -0.3 is 4.52 Å². The van der Waals surface area contributed by atoms with E-state index in [1.807, 2.05) is 18.2 Å². The van der Waals surface area contributed by atoms with Crippen LogP contribution < -0.4 is 4.72 Å². The van der Waals surface area contributed by atoms with Gasteiger partial charge in [0.1, 0.15) is 12.0 Å². The molecule has 0 aliphatic carbocycles. The molecule has 1 aliphatic rings. The topological polar surface area (TPSA) is 75.4 Å². The summed E-state index contributed by atoms with van der Waals surface area (Å²) in [5, 5.41) is 3.67. The Morgan fingerprint density at radius 2 is 2.08 bits per heavy atom. The molecular formula is C17H23N3O3S. The van der Waals surface area contributed by atoms with E-state index < -0.39 is 10.0 Å². The molecule has 6 nitrogen and oxygen atoms in total. The predicted octanol–water partition coefficient (Wildman–Crippen LogP) is 2.18. The Kier molecular flexibility index (Phi) is 5.33. The van der Waals surface area contributed by atoms with E-state index in [0.717, 1.165) is 19.4 Å². The van der Waals surface area contributed by atoms with E-state index in [4.69, 9.17) is 4.52 Å². The van der Waals surface area contributed by atoms with Crippen LogP contribution in [-0.4, -0.2) is 38.6 Å². The van der Waals surface area contributed by atoms with Crippen LogP contribution in [0.2, 0.25) is 0 Å². The second-order valence-corrected chi connectivity index (χ2v) is 8.14. The molecule has 1 N–H and O–H groups in total. The first-order valence-corrected chi connectivity index (χ1v) is 9.82. The Hall–Kier alpha value is -1.70. The van der Waals surface area contributed by atoms with Gasteiger partial charge >= 0.3 is 0 Å². The van der Waals surface area contributed by atoms with Crippen molar-refractivity contribution in [3.05, 3.63) is 53.9 Å². The lowest BCUT2D eigenvalue weighted by molar-refractivity contribution is 0.123. The molecule has 1 aliphatic heterocycles. The molecule has 2 aromatic rings. The average Bonchev–Trinajstić information content (AvgIpc) is 3.06. The summed E-state index contributed by atoms with van der Waals surface area (Å²) >= 11 is 0. The molecule has 24 heavy (non-hydrogen) atoms. The first kappa shape index (κ1) is 17.1. The molecular weight excluding hydrogens is 326 g/mol. The number of hydrogen-bond acceptors (Lipinski definition) is 5. The normalized spacial score (nSPS) is 22.5. The zero-order valence-corrected chi connectivity index (χ0v) is 14.6. The van der Waals surface area contributed by atoms with Gasteiger partial charge in [0, 0.05) is 18.7 Å². The van der Waals surface area contributed by atoms with Crippen molar-refractivity contribution < 1.29 is 12.9 Å². The molecule has 2 atom stereocenters. The molecule has 1 aromatic carbocycles. The van der Waals surface area contributed by atoms with Crippen LogP contribution in [0, 0.1) is 5.92 Å². The predicted molar refractivity (Wildman–Crippen MR) is 91.7 cm³/mol. The third-order valence-electron chi connectivity index (χ3n) is 4.54. The number of benzene rings is 1. The maximum absolute atomic E-state index is 12.3. The second-order valence-electron chi connectivity index (χ2n) is 6.34. The standard InChI is InChI=1S/C17H23N3O3S/c1-20-10-5-8-15(17(20)14-6-3-2-4-7-14)12-18-24(21,22)13-16-9-11-23-19-16/h2-4,6-7,9,11,15,17-18H,5,8,10,12-13H2,1H3/t15-,17+/m0/s1. The minimum absolute atomic E-state index is 0.151. The summed E-state index contributed by atoms with van der Waals surface area (Å²) in [4.78, 5) is 2.31. The quantitative estimate of drug-likeness (QED) is 0.865. The van der Waals surface area contributed by atoms with Crippen molar-refractivity contribution in [2.75, 3.05) is 20.1 Å². The van der Waals surface area contributed by atoms with Crippen molar-refractivity contribution in [2.45, 2.75) is 24.6 Å². The fourth-order valence-corrected chi connectivity index (χ4v) is 4.55. The zero-order valence-electron chi connectivity index (χ0n) is 13.8. The van der Waals surface area contributed by atoms with Crippen LogP contribution in [0.3, 0.4) is 0 Å². The van der Waals surface area contributed by atoms with Gasteiger partial charge in [-0.2, -0.15) is 0 Å². The number of rotatable bonds is 6. The summed E-state index contributed by atoms with van der Waals surface area (Å²) in [6.45, 7) is 1.46.